The third-order valence-electron chi connectivity index (χ3n) is 5.05. The highest BCUT2D eigenvalue weighted by molar-refractivity contribution is 7.58. The molecule has 4 unspecified atom stereocenters. The lowest BCUT2D eigenvalue weighted by Crippen LogP contribution is -2.18. The Morgan fingerprint density at radius 3 is 2.23 bits per heavy atom. The Labute approximate surface area is 153 Å². The van der Waals surface area contributed by atoms with Gasteiger partial charge in [-0.25, -0.2) is 0 Å². The van der Waals surface area contributed by atoms with Gasteiger partial charge in [0.15, 0.2) is 0 Å². The van der Waals surface area contributed by atoms with Crippen molar-refractivity contribution < 1.29 is 19.4 Å². The number of allylic oxidation sites excluding steroid dienone is 2. The maximum absolute atomic E-state index is 13.2. The fourth-order valence-electron chi connectivity index (χ4n) is 3.84. The lowest BCUT2D eigenvalue weighted by Gasteiger charge is -2.22. The lowest BCUT2D eigenvalue weighted by molar-refractivity contribution is -0.137. The number of carboxylic acid groups (broad SMARTS) is 1. The van der Waals surface area contributed by atoms with E-state index in [1.54, 1.807) is 12.1 Å². The fourth-order valence-corrected chi connectivity index (χ4v) is 6.10. The van der Waals surface area contributed by atoms with Gasteiger partial charge in [0, 0.05) is 18.0 Å². The fraction of sp³-hybridized carbons (Fsp3) is 0.286. The quantitative estimate of drug-likeness (QED) is 0.549. The van der Waals surface area contributed by atoms with Crippen LogP contribution in [0.2, 0.25) is 0 Å². The first kappa shape index (κ1) is 18.6. The van der Waals surface area contributed by atoms with Crippen LogP contribution < -0.4 is 0 Å². The van der Waals surface area contributed by atoms with Crippen LogP contribution in [0.15, 0.2) is 72.3 Å². The van der Waals surface area contributed by atoms with E-state index in [-0.39, 0.29) is 24.4 Å². The van der Waals surface area contributed by atoms with Gasteiger partial charge in [0.2, 0.25) is 7.37 Å². The summed E-state index contributed by atoms with van der Waals surface area (Å²) in [6.07, 6.45) is 1.66. The van der Waals surface area contributed by atoms with E-state index in [0.717, 1.165) is 16.7 Å². The zero-order valence-electron chi connectivity index (χ0n) is 14.7. The first-order chi connectivity index (χ1) is 12.4. The van der Waals surface area contributed by atoms with Gasteiger partial charge in [0.05, 0.1) is 12.1 Å². The van der Waals surface area contributed by atoms with Gasteiger partial charge in [0.1, 0.15) is 0 Å². The molecule has 0 heterocycles. The normalized spacial score (nSPS) is 24.0. The zero-order valence-corrected chi connectivity index (χ0v) is 15.5. The molecule has 2 aromatic carbocycles. The molecule has 2 N–H and O–H groups in total. The third-order valence-corrected chi connectivity index (χ3v) is 7.41. The highest BCUT2D eigenvalue weighted by Crippen LogP contribution is 2.66. The van der Waals surface area contributed by atoms with Crippen molar-refractivity contribution in [2.75, 3.05) is 0 Å². The Hall–Kier alpha value is -2.16. The number of aliphatic carboxylic acids is 1. The molecular weight excluding hydrogens is 347 g/mol. The summed E-state index contributed by atoms with van der Waals surface area (Å²) in [6, 6.07) is 18.9. The predicted octanol–water partition coefficient (Wildman–Crippen LogP) is 4.66. The van der Waals surface area contributed by atoms with Crippen molar-refractivity contribution in [2.24, 2.45) is 5.92 Å². The Balaban J connectivity index is 1.91. The first-order valence-corrected chi connectivity index (χ1v) is 10.6. The molecule has 1 aliphatic carbocycles. The second kappa shape index (κ2) is 7.61. The molecule has 4 nitrogen and oxygen atoms in total. The summed E-state index contributed by atoms with van der Waals surface area (Å²) < 4.78 is 13.2. The highest BCUT2D eigenvalue weighted by atomic mass is 31.2. The van der Waals surface area contributed by atoms with E-state index in [1.165, 1.54) is 0 Å². The van der Waals surface area contributed by atoms with Crippen LogP contribution in [-0.2, 0) is 15.5 Å². The molecule has 5 heteroatoms. The van der Waals surface area contributed by atoms with Crippen LogP contribution in [-0.4, -0.2) is 21.6 Å². The summed E-state index contributed by atoms with van der Waals surface area (Å²) >= 11 is 0. The van der Waals surface area contributed by atoms with Crippen molar-refractivity contribution in [1.82, 2.24) is 0 Å². The van der Waals surface area contributed by atoms with Crippen LogP contribution in [0.4, 0.5) is 0 Å². The van der Waals surface area contributed by atoms with Gasteiger partial charge in [-0.3, -0.25) is 9.36 Å². The van der Waals surface area contributed by atoms with Crippen molar-refractivity contribution in [2.45, 2.75) is 31.1 Å². The average Bonchev–Trinajstić information content (AvgIpc) is 3.34. The van der Waals surface area contributed by atoms with Crippen LogP contribution in [0.3, 0.4) is 0 Å². The van der Waals surface area contributed by atoms with Gasteiger partial charge in [-0.1, -0.05) is 72.3 Å². The Morgan fingerprint density at radius 2 is 1.69 bits per heavy atom. The van der Waals surface area contributed by atoms with Gasteiger partial charge in [-0.2, -0.15) is 0 Å². The molecular formula is C21H23O4P. The maximum atomic E-state index is 13.2. The number of hydrogen-bond acceptors (Lipinski definition) is 2. The topological polar surface area (TPSA) is 74.6 Å². The van der Waals surface area contributed by atoms with Gasteiger partial charge in [-0.05, 0) is 18.1 Å². The molecule has 0 saturated heterocycles. The molecule has 0 amide bonds. The third kappa shape index (κ3) is 3.98. The Morgan fingerprint density at radius 1 is 1.12 bits per heavy atom. The van der Waals surface area contributed by atoms with E-state index in [9.17, 15) is 19.4 Å². The molecule has 0 spiro atoms. The van der Waals surface area contributed by atoms with Crippen LogP contribution in [0.25, 0.3) is 0 Å². The molecule has 4 atom stereocenters. The highest BCUT2D eigenvalue weighted by Gasteiger charge is 2.54. The first-order valence-electron chi connectivity index (χ1n) is 8.72. The molecule has 0 aromatic heterocycles. The smallest absolute Gasteiger partial charge is 0.304 e. The molecule has 0 aliphatic heterocycles. The number of hydrogen-bond donors (Lipinski definition) is 2. The maximum Gasteiger partial charge on any atom is 0.304 e. The van der Waals surface area contributed by atoms with Gasteiger partial charge in [-0.15, -0.1) is 0 Å². The van der Waals surface area contributed by atoms with Gasteiger partial charge < -0.3 is 10.00 Å². The summed E-state index contributed by atoms with van der Waals surface area (Å²) in [5.41, 5.74) is 2.11. The SMILES string of the molecule is CC=C1C(c2ccccc2)C1C(CC(=O)O)P(=O)(O)Cc1ccccc1. The average molecular weight is 370 g/mol. The summed E-state index contributed by atoms with van der Waals surface area (Å²) in [4.78, 5) is 22.3. The van der Waals surface area contributed by atoms with Gasteiger partial charge in [0.25, 0.3) is 0 Å². The van der Waals surface area contributed by atoms with Crippen molar-refractivity contribution >= 4 is 13.3 Å². The standard InChI is InChI=1S/C21H23O4P/c1-2-17-20(16-11-7-4-8-12-16)21(17)18(13-19(22)23)26(24,25)14-15-9-5-3-6-10-15/h2-12,18,20-21H,13-14H2,1H3,(H,22,23)(H,24,25). The minimum atomic E-state index is -3.70. The summed E-state index contributed by atoms with van der Waals surface area (Å²) in [6.45, 7) is 1.91. The monoisotopic (exact) mass is 370 g/mol. The second-order valence-electron chi connectivity index (χ2n) is 6.77. The van der Waals surface area contributed by atoms with E-state index in [0.29, 0.717) is 0 Å². The second-order valence-corrected chi connectivity index (χ2v) is 9.26. The molecule has 1 saturated carbocycles. The minimum Gasteiger partial charge on any atom is -0.481 e. The molecule has 1 aliphatic rings. The number of carboxylic acids is 1. The van der Waals surface area contributed by atoms with E-state index in [4.69, 9.17) is 0 Å². The van der Waals surface area contributed by atoms with Crippen molar-refractivity contribution in [3.63, 3.8) is 0 Å². The van der Waals surface area contributed by atoms with Gasteiger partial charge >= 0.3 is 5.97 Å². The van der Waals surface area contributed by atoms with Crippen molar-refractivity contribution in [3.05, 3.63) is 83.4 Å². The Bertz CT molecular complexity index is 845. The number of carbonyl (C=O) groups is 1. The van der Waals surface area contributed by atoms with E-state index >= 15 is 0 Å². The number of benzene rings is 2. The van der Waals surface area contributed by atoms with Crippen molar-refractivity contribution in [3.8, 4) is 0 Å². The van der Waals surface area contributed by atoms with Crippen LogP contribution in [0.5, 0.6) is 0 Å². The van der Waals surface area contributed by atoms with E-state index < -0.39 is 19.0 Å². The van der Waals surface area contributed by atoms with E-state index in [1.807, 2.05) is 61.5 Å². The molecule has 1 fully saturated rings. The molecule has 0 radical (unpaired) electrons. The Kier molecular flexibility index (Phi) is 5.45. The van der Waals surface area contributed by atoms with Crippen LogP contribution >= 0.6 is 7.37 Å². The zero-order chi connectivity index (χ0) is 18.7. The summed E-state index contributed by atoms with van der Waals surface area (Å²) in [7, 11) is -3.70. The minimum absolute atomic E-state index is 0.000784. The molecule has 3 rings (SSSR count). The number of rotatable bonds is 7. The summed E-state index contributed by atoms with van der Waals surface area (Å²) in [5.74, 6) is -1.20. The molecule has 26 heavy (non-hydrogen) atoms. The van der Waals surface area contributed by atoms with E-state index in [2.05, 4.69) is 0 Å². The largest absolute Gasteiger partial charge is 0.481 e. The summed E-state index contributed by atoms with van der Waals surface area (Å²) in [5, 5.41) is 9.35. The lowest BCUT2D eigenvalue weighted by atomic mass is 10.1. The van der Waals surface area contributed by atoms with Crippen LogP contribution in [0, 0.1) is 5.92 Å². The predicted molar refractivity (Wildman–Crippen MR) is 102 cm³/mol. The van der Waals surface area contributed by atoms with Crippen molar-refractivity contribution in [1.29, 1.82) is 0 Å². The van der Waals surface area contributed by atoms with Crippen LogP contribution in [0.1, 0.15) is 30.4 Å². The molecule has 136 valence electrons. The molecule has 2 aromatic rings. The molecule has 0 bridgehead atoms.